The molecule has 1 N–H and O–H groups in total. The molecule has 1 unspecified atom stereocenters. The van der Waals surface area contributed by atoms with Gasteiger partial charge in [-0.15, -0.1) is 0 Å². The van der Waals surface area contributed by atoms with Crippen molar-refractivity contribution >= 4 is 27.5 Å². The normalized spacial score (nSPS) is 12.4. The van der Waals surface area contributed by atoms with E-state index in [4.69, 9.17) is 0 Å². The Morgan fingerprint density at radius 3 is 2.24 bits per heavy atom. The molecule has 0 saturated heterocycles. The predicted molar refractivity (Wildman–Crippen MR) is 128 cm³/mol. The van der Waals surface area contributed by atoms with Crippen molar-refractivity contribution in [3.05, 3.63) is 65.0 Å². The van der Waals surface area contributed by atoms with Crippen LogP contribution in [0.4, 0.5) is 10.1 Å². The average Bonchev–Trinajstić information content (AvgIpc) is 2.71. The molecule has 0 radical (unpaired) electrons. The van der Waals surface area contributed by atoms with E-state index in [1.807, 2.05) is 13.0 Å². The largest absolute Gasteiger partial charge is 0.352 e. The van der Waals surface area contributed by atoms with Gasteiger partial charge in [0.25, 0.3) is 0 Å². The number of hydrogen-bond acceptors (Lipinski definition) is 4. The highest BCUT2D eigenvalue weighted by atomic mass is 32.2. The zero-order valence-corrected chi connectivity index (χ0v) is 20.7. The van der Waals surface area contributed by atoms with Crippen molar-refractivity contribution in [2.24, 2.45) is 0 Å². The van der Waals surface area contributed by atoms with E-state index in [1.165, 1.54) is 23.1 Å². The van der Waals surface area contributed by atoms with Gasteiger partial charge in [0, 0.05) is 18.2 Å². The number of hydrogen-bond donors (Lipinski definition) is 1. The van der Waals surface area contributed by atoms with Crippen molar-refractivity contribution in [1.29, 1.82) is 0 Å². The number of halogens is 1. The standard InChI is InChI=1S/C24H32FN3O4S/c1-16(2)26-24(30)19(5)27(14-20-11-7-8-12-21(20)25)23(29)15-28(33(6,31)32)22-13-9-10-17(3)18(22)4/h7-13,16,19H,14-15H2,1-6H3,(H,26,30). The molecule has 0 heterocycles. The summed E-state index contributed by atoms with van der Waals surface area (Å²) in [4.78, 5) is 27.3. The Bertz CT molecular complexity index is 1120. The quantitative estimate of drug-likeness (QED) is 0.601. The predicted octanol–water partition coefficient (Wildman–Crippen LogP) is 3.15. The summed E-state index contributed by atoms with van der Waals surface area (Å²) in [5.41, 5.74) is 2.21. The van der Waals surface area contributed by atoms with E-state index in [1.54, 1.807) is 45.9 Å². The van der Waals surface area contributed by atoms with Gasteiger partial charge in [-0.3, -0.25) is 13.9 Å². The van der Waals surface area contributed by atoms with Crippen LogP contribution in [0.2, 0.25) is 0 Å². The van der Waals surface area contributed by atoms with Gasteiger partial charge in [0.05, 0.1) is 11.9 Å². The number of nitrogens with zero attached hydrogens (tertiary/aromatic N) is 2. The van der Waals surface area contributed by atoms with Crippen molar-refractivity contribution in [2.75, 3.05) is 17.1 Å². The lowest BCUT2D eigenvalue weighted by Crippen LogP contribution is -2.52. The maximum atomic E-state index is 14.4. The molecule has 0 fully saturated rings. The fourth-order valence-electron chi connectivity index (χ4n) is 3.40. The molecule has 0 spiro atoms. The van der Waals surface area contributed by atoms with Crippen molar-refractivity contribution < 1.29 is 22.4 Å². The van der Waals surface area contributed by atoms with Gasteiger partial charge >= 0.3 is 0 Å². The van der Waals surface area contributed by atoms with E-state index in [9.17, 15) is 22.4 Å². The zero-order valence-electron chi connectivity index (χ0n) is 19.9. The Hall–Kier alpha value is -2.94. The molecule has 2 aromatic rings. The molecule has 2 amide bonds. The van der Waals surface area contributed by atoms with Crippen molar-refractivity contribution in [3.8, 4) is 0 Å². The molecule has 0 aliphatic heterocycles. The van der Waals surface area contributed by atoms with Gasteiger partial charge in [-0.1, -0.05) is 30.3 Å². The SMILES string of the molecule is Cc1cccc(N(CC(=O)N(Cc2ccccc2F)C(C)C(=O)NC(C)C)S(C)(=O)=O)c1C. The highest BCUT2D eigenvalue weighted by molar-refractivity contribution is 7.92. The lowest BCUT2D eigenvalue weighted by molar-refractivity contribution is -0.139. The summed E-state index contributed by atoms with van der Waals surface area (Å²) in [7, 11) is -3.82. The Morgan fingerprint density at radius 2 is 1.67 bits per heavy atom. The topological polar surface area (TPSA) is 86.8 Å². The number of carbonyl (C=O) groups is 2. The Balaban J connectivity index is 2.45. The van der Waals surface area contributed by atoms with Gasteiger partial charge in [-0.05, 0) is 57.9 Å². The molecule has 0 aliphatic carbocycles. The highest BCUT2D eigenvalue weighted by Crippen LogP contribution is 2.25. The van der Waals surface area contributed by atoms with Crippen LogP contribution in [0.5, 0.6) is 0 Å². The summed E-state index contributed by atoms with van der Waals surface area (Å²) in [6, 6.07) is 10.1. The molecule has 1 atom stereocenters. The van der Waals surface area contributed by atoms with Gasteiger partial charge in [0.15, 0.2) is 0 Å². The Morgan fingerprint density at radius 1 is 1.03 bits per heavy atom. The molecule has 33 heavy (non-hydrogen) atoms. The minimum atomic E-state index is -3.82. The van der Waals surface area contributed by atoms with E-state index in [2.05, 4.69) is 5.32 Å². The Labute approximate surface area is 195 Å². The number of nitrogens with one attached hydrogen (secondary N) is 1. The van der Waals surface area contributed by atoms with E-state index >= 15 is 0 Å². The first-order valence-corrected chi connectivity index (χ1v) is 12.5. The van der Waals surface area contributed by atoms with Crippen LogP contribution in [0, 0.1) is 19.7 Å². The van der Waals surface area contributed by atoms with Crippen LogP contribution in [0.15, 0.2) is 42.5 Å². The number of carbonyl (C=O) groups excluding carboxylic acids is 2. The molecule has 0 aromatic heterocycles. The number of anilines is 1. The molecule has 0 saturated carbocycles. The lowest BCUT2D eigenvalue weighted by atomic mass is 10.1. The second-order valence-corrected chi connectivity index (χ2v) is 10.3. The average molecular weight is 478 g/mol. The van der Waals surface area contributed by atoms with Crippen molar-refractivity contribution in [3.63, 3.8) is 0 Å². The van der Waals surface area contributed by atoms with Crippen LogP contribution in [-0.4, -0.2) is 50.0 Å². The van der Waals surface area contributed by atoms with Gasteiger partial charge in [0.1, 0.15) is 18.4 Å². The number of rotatable bonds is 9. The number of aryl methyl sites for hydroxylation is 1. The summed E-state index contributed by atoms with van der Waals surface area (Å²) < 4.78 is 40.6. The van der Waals surface area contributed by atoms with Crippen LogP contribution in [0.3, 0.4) is 0 Å². The molecular formula is C24H32FN3O4S. The molecule has 2 rings (SSSR count). The van der Waals surface area contributed by atoms with Crippen molar-refractivity contribution in [1.82, 2.24) is 10.2 Å². The number of benzene rings is 2. The minimum absolute atomic E-state index is 0.159. The van der Waals surface area contributed by atoms with Gasteiger partial charge in [-0.25, -0.2) is 12.8 Å². The second kappa shape index (κ2) is 10.8. The minimum Gasteiger partial charge on any atom is -0.352 e. The summed E-state index contributed by atoms with van der Waals surface area (Å²) >= 11 is 0. The monoisotopic (exact) mass is 477 g/mol. The molecule has 180 valence electrons. The lowest BCUT2D eigenvalue weighted by Gasteiger charge is -2.32. The molecule has 0 aliphatic rings. The first-order chi connectivity index (χ1) is 15.3. The molecule has 2 aromatic carbocycles. The maximum Gasteiger partial charge on any atom is 0.244 e. The molecule has 9 heteroatoms. The second-order valence-electron chi connectivity index (χ2n) is 8.44. The Kier molecular flexibility index (Phi) is 8.60. The van der Waals surface area contributed by atoms with E-state index in [-0.39, 0.29) is 18.2 Å². The van der Waals surface area contributed by atoms with Crippen molar-refractivity contribution in [2.45, 2.75) is 53.2 Å². The third-order valence-electron chi connectivity index (χ3n) is 5.42. The van der Waals surface area contributed by atoms with Crippen LogP contribution in [0.25, 0.3) is 0 Å². The molecule has 0 bridgehead atoms. The summed E-state index contributed by atoms with van der Waals surface area (Å²) in [5.74, 6) is -1.54. The van der Waals surface area contributed by atoms with Crippen LogP contribution in [0.1, 0.15) is 37.5 Å². The third-order valence-corrected chi connectivity index (χ3v) is 6.55. The van der Waals surface area contributed by atoms with E-state index in [0.717, 1.165) is 21.7 Å². The fourth-order valence-corrected chi connectivity index (χ4v) is 4.30. The summed E-state index contributed by atoms with van der Waals surface area (Å²) in [6.45, 7) is 8.06. The summed E-state index contributed by atoms with van der Waals surface area (Å²) in [6.07, 6.45) is 1.03. The highest BCUT2D eigenvalue weighted by Gasteiger charge is 2.31. The van der Waals surface area contributed by atoms with Gasteiger partial charge in [-0.2, -0.15) is 0 Å². The number of sulfonamides is 1. The van der Waals surface area contributed by atoms with E-state index < -0.39 is 40.2 Å². The summed E-state index contributed by atoms with van der Waals surface area (Å²) in [5, 5.41) is 2.75. The third kappa shape index (κ3) is 6.77. The van der Waals surface area contributed by atoms with Crippen LogP contribution in [-0.2, 0) is 26.2 Å². The first-order valence-electron chi connectivity index (χ1n) is 10.7. The molecule has 7 nitrogen and oxygen atoms in total. The van der Waals surface area contributed by atoms with E-state index in [0.29, 0.717) is 5.69 Å². The fraction of sp³-hybridized carbons (Fsp3) is 0.417. The zero-order chi connectivity index (χ0) is 24.9. The van der Waals surface area contributed by atoms with Gasteiger partial charge in [0.2, 0.25) is 21.8 Å². The first kappa shape index (κ1) is 26.3. The molecular weight excluding hydrogens is 445 g/mol. The number of amides is 2. The maximum absolute atomic E-state index is 14.4. The smallest absolute Gasteiger partial charge is 0.244 e. The van der Waals surface area contributed by atoms with Gasteiger partial charge < -0.3 is 10.2 Å². The van der Waals surface area contributed by atoms with Crippen LogP contribution < -0.4 is 9.62 Å². The van der Waals surface area contributed by atoms with Crippen LogP contribution >= 0.6 is 0 Å².